The molecule has 0 aliphatic heterocycles. The van der Waals surface area contributed by atoms with E-state index in [1.807, 2.05) is 31.2 Å². The molecule has 0 fully saturated rings. The van der Waals surface area contributed by atoms with Crippen molar-refractivity contribution in [2.24, 2.45) is 7.05 Å². The number of nitrogens with zero attached hydrogens (tertiary/aromatic N) is 3. The van der Waals surface area contributed by atoms with E-state index in [9.17, 15) is 8.42 Å². The van der Waals surface area contributed by atoms with Crippen LogP contribution in [0.3, 0.4) is 0 Å². The van der Waals surface area contributed by atoms with Crippen molar-refractivity contribution in [1.82, 2.24) is 19.7 Å². The molecule has 0 radical (unpaired) electrons. The minimum Gasteiger partial charge on any atom is -0.235 e. The number of halogens is 1. The fourth-order valence-electron chi connectivity index (χ4n) is 1.68. The van der Waals surface area contributed by atoms with Crippen LogP contribution in [0.2, 0.25) is 0 Å². The SMILES string of the molecule is Cc1cccc(CNS(=O)(=O)c2c(Br)nnn2C)c1. The Hall–Kier alpha value is -1.25. The fourth-order valence-corrected chi connectivity index (χ4v) is 3.78. The molecule has 6 nitrogen and oxygen atoms in total. The number of hydrogen-bond donors (Lipinski definition) is 1. The Bertz CT molecular complexity index is 677. The second-order valence-electron chi connectivity index (χ2n) is 4.12. The third kappa shape index (κ3) is 3.20. The van der Waals surface area contributed by atoms with Crippen LogP contribution in [0, 0.1) is 6.92 Å². The van der Waals surface area contributed by atoms with Gasteiger partial charge in [0, 0.05) is 13.6 Å². The van der Waals surface area contributed by atoms with Crippen LogP contribution < -0.4 is 4.72 Å². The highest BCUT2D eigenvalue weighted by molar-refractivity contribution is 9.10. The molecule has 2 rings (SSSR count). The van der Waals surface area contributed by atoms with Crippen LogP contribution in [-0.2, 0) is 23.6 Å². The first-order valence-corrected chi connectivity index (χ1v) is 7.78. The summed E-state index contributed by atoms with van der Waals surface area (Å²) in [7, 11) is -2.12. The number of benzene rings is 1. The number of sulfonamides is 1. The van der Waals surface area contributed by atoms with E-state index in [-0.39, 0.29) is 16.2 Å². The van der Waals surface area contributed by atoms with Gasteiger partial charge in [-0.25, -0.2) is 17.8 Å². The summed E-state index contributed by atoms with van der Waals surface area (Å²) in [6.07, 6.45) is 0. The van der Waals surface area contributed by atoms with Gasteiger partial charge < -0.3 is 0 Å². The Morgan fingerprint density at radius 1 is 1.42 bits per heavy atom. The van der Waals surface area contributed by atoms with Crippen LogP contribution in [0.1, 0.15) is 11.1 Å². The van der Waals surface area contributed by atoms with Gasteiger partial charge in [0.1, 0.15) is 0 Å². The van der Waals surface area contributed by atoms with Crippen LogP contribution >= 0.6 is 15.9 Å². The lowest BCUT2D eigenvalue weighted by Gasteiger charge is -2.07. The van der Waals surface area contributed by atoms with Gasteiger partial charge in [-0.1, -0.05) is 35.0 Å². The zero-order valence-electron chi connectivity index (χ0n) is 10.5. The molecule has 102 valence electrons. The summed E-state index contributed by atoms with van der Waals surface area (Å²) in [5, 5.41) is 7.33. The molecule has 0 amide bonds. The Morgan fingerprint density at radius 3 is 2.74 bits per heavy atom. The molecule has 1 N–H and O–H groups in total. The summed E-state index contributed by atoms with van der Waals surface area (Å²) < 4.78 is 28.2. The van der Waals surface area contributed by atoms with E-state index >= 15 is 0 Å². The summed E-state index contributed by atoms with van der Waals surface area (Å²) in [6, 6.07) is 7.64. The van der Waals surface area contributed by atoms with E-state index in [0.29, 0.717) is 0 Å². The van der Waals surface area contributed by atoms with Crippen LogP contribution in [0.5, 0.6) is 0 Å². The van der Waals surface area contributed by atoms with Crippen molar-refractivity contribution >= 4 is 26.0 Å². The average Bonchev–Trinajstić information content (AvgIpc) is 2.67. The number of hydrogen-bond acceptors (Lipinski definition) is 4. The molecular weight excluding hydrogens is 332 g/mol. The lowest BCUT2D eigenvalue weighted by molar-refractivity contribution is 0.560. The summed E-state index contributed by atoms with van der Waals surface area (Å²) in [4.78, 5) is 0. The van der Waals surface area contributed by atoms with Gasteiger partial charge in [0.05, 0.1) is 0 Å². The van der Waals surface area contributed by atoms with Gasteiger partial charge >= 0.3 is 0 Å². The molecule has 0 atom stereocenters. The molecule has 0 bridgehead atoms. The third-order valence-corrected chi connectivity index (χ3v) is 4.83. The lowest BCUT2D eigenvalue weighted by atomic mass is 10.1. The van der Waals surface area contributed by atoms with Crippen LogP contribution in [0.25, 0.3) is 0 Å². The van der Waals surface area contributed by atoms with Crippen LogP contribution in [0.4, 0.5) is 0 Å². The quantitative estimate of drug-likeness (QED) is 0.908. The van der Waals surface area contributed by atoms with Gasteiger partial charge in [0.2, 0.25) is 5.03 Å². The Labute approximate surface area is 120 Å². The number of rotatable bonds is 4. The summed E-state index contributed by atoms with van der Waals surface area (Å²) in [5.74, 6) is 0. The molecule has 1 heterocycles. The lowest BCUT2D eigenvalue weighted by Crippen LogP contribution is -2.25. The number of aryl methyl sites for hydroxylation is 2. The van der Waals surface area contributed by atoms with Crippen molar-refractivity contribution in [3.8, 4) is 0 Å². The fraction of sp³-hybridized carbons (Fsp3) is 0.273. The minimum absolute atomic E-state index is 0.0140. The molecule has 2 aromatic rings. The largest absolute Gasteiger partial charge is 0.260 e. The summed E-state index contributed by atoms with van der Waals surface area (Å²) in [6.45, 7) is 2.18. The number of nitrogens with one attached hydrogen (secondary N) is 1. The maximum Gasteiger partial charge on any atom is 0.260 e. The molecule has 0 aliphatic carbocycles. The average molecular weight is 345 g/mol. The zero-order chi connectivity index (χ0) is 14.0. The summed E-state index contributed by atoms with van der Waals surface area (Å²) >= 11 is 3.08. The maximum absolute atomic E-state index is 12.2. The van der Waals surface area contributed by atoms with Crippen molar-refractivity contribution in [1.29, 1.82) is 0 Å². The number of aromatic nitrogens is 3. The van der Waals surface area contributed by atoms with Crippen LogP contribution in [-0.4, -0.2) is 23.4 Å². The van der Waals surface area contributed by atoms with E-state index in [1.54, 1.807) is 0 Å². The van der Waals surface area contributed by atoms with E-state index in [1.165, 1.54) is 11.7 Å². The second kappa shape index (κ2) is 5.40. The van der Waals surface area contributed by atoms with Gasteiger partial charge in [-0.2, -0.15) is 0 Å². The van der Waals surface area contributed by atoms with Gasteiger partial charge in [-0.15, -0.1) is 5.10 Å². The topological polar surface area (TPSA) is 76.9 Å². The van der Waals surface area contributed by atoms with E-state index in [0.717, 1.165) is 11.1 Å². The Balaban J connectivity index is 2.19. The molecule has 1 aromatic heterocycles. The predicted molar refractivity (Wildman–Crippen MR) is 73.9 cm³/mol. The van der Waals surface area contributed by atoms with E-state index in [4.69, 9.17) is 0 Å². The zero-order valence-corrected chi connectivity index (χ0v) is 12.9. The molecule has 1 aromatic carbocycles. The van der Waals surface area contributed by atoms with E-state index in [2.05, 4.69) is 31.0 Å². The molecule has 0 saturated carbocycles. The molecule has 8 heteroatoms. The normalized spacial score (nSPS) is 11.7. The standard InChI is InChI=1S/C11H13BrN4O2S/c1-8-4-3-5-9(6-8)7-13-19(17,18)11-10(12)14-15-16(11)2/h3-6,13H,7H2,1-2H3. The second-order valence-corrected chi connectivity index (χ2v) is 6.56. The first-order chi connectivity index (χ1) is 8.90. The molecule has 0 spiro atoms. The Kier molecular flexibility index (Phi) is 4.02. The van der Waals surface area contributed by atoms with Crippen molar-refractivity contribution in [2.75, 3.05) is 0 Å². The molecule has 0 unspecified atom stereocenters. The predicted octanol–water partition coefficient (Wildman–Crippen LogP) is 1.36. The van der Waals surface area contributed by atoms with E-state index < -0.39 is 10.0 Å². The Morgan fingerprint density at radius 2 is 2.16 bits per heavy atom. The third-order valence-electron chi connectivity index (χ3n) is 2.54. The smallest absolute Gasteiger partial charge is 0.235 e. The minimum atomic E-state index is -3.65. The van der Waals surface area contributed by atoms with Crippen LogP contribution in [0.15, 0.2) is 33.9 Å². The van der Waals surface area contributed by atoms with Crippen molar-refractivity contribution in [3.63, 3.8) is 0 Å². The van der Waals surface area contributed by atoms with Crippen molar-refractivity contribution in [3.05, 3.63) is 40.0 Å². The van der Waals surface area contributed by atoms with Gasteiger partial charge in [-0.05, 0) is 28.4 Å². The monoisotopic (exact) mass is 344 g/mol. The molecule has 0 aliphatic rings. The summed E-state index contributed by atoms with van der Waals surface area (Å²) in [5.41, 5.74) is 1.98. The molecule has 0 saturated heterocycles. The maximum atomic E-state index is 12.2. The highest BCUT2D eigenvalue weighted by Gasteiger charge is 2.23. The molecular formula is C11H13BrN4O2S. The van der Waals surface area contributed by atoms with Crippen molar-refractivity contribution in [2.45, 2.75) is 18.5 Å². The highest BCUT2D eigenvalue weighted by atomic mass is 79.9. The highest BCUT2D eigenvalue weighted by Crippen LogP contribution is 2.17. The first-order valence-electron chi connectivity index (χ1n) is 5.50. The first kappa shape index (κ1) is 14.2. The van der Waals surface area contributed by atoms with Gasteiger partial charge in [0.25, 0.3) is 10.0 Å². The molecule has 19 heavy (non-hydrogen) atoms. The van der Waals surface area contributed by atoms with Gasteiger partial charge in [-0.3, -0.25) is 0 Å². The van der Waals surface area contributed by atoms with Gasteiger partial charge in [0.15, 0.2) is 4.60 Å². The van der Waals surface area contributed by atoms with Crippen molar-refractivity contribution < 1.29 is 8.42 Å².